The van der Waals surface area contributed by atoms with Crippen molar-refractivity contribution in [2.75, 3.05) is 14.2 Å². The van der Waals surface area contributed by atoms with E-state index in [9.17, 15) is 0 Å². The maximum absolute atomic E-state index is 5.94. The Morgan fingerprint density at radius 2 is 2.17 bits per heavy atom. The number of rotatable bonds is 4. The molecule has 0 saturated heterocycles. The molecule has 1 aliphatic rings. The van der Waals surface area contributed by atoms with Crippen LogP contribution in [0.5, 0.6) is 0 Å². The number of hydrogen-bond donors (Lipinski definition) is 1. The van der Waals surface area contributed by atoms with Gasteiger partial charge >= 0.3 is 0 Å². The van der Waals surface area contributed by atoms with Crippen LogP contribution >= 0.6 is 0 Å². The average molecular weight is 251 g/mol. The highest BCUT2D eigenvalue weighted by Gasteiger charge is 2.42. The van der Waals surface area contributed by atoms with Crippen LogP contribution in [0.3, 0.4) is 0 Å². The number of likely N-dealkylation sites (N-methyl/N-ethyl adjacent to an activating group) is 1. The minimum absolute atomic E-state index is 0.0791. The van der Waals surface area contributed by atoms with Crippen molar-refractivity contribution in [3.8, 4) is 0 Å². The summed E-state index contributed by atoms with van der Waals surface area (Å²) in [5.41, 5.74) is 1.14. The molecule has 1 aromatic heterocycles. The first-order chi connectivity index (χ1) is 8.61. The minimum atomic E-state index is -0.0791. The summed E-state index contributed by atoms with van der Waals surface area (Å²) in [6.45, 7) is 2.33. The molecule has 0 spiro atoms. The third-order valence-electron chi connectivity index (χ3n) is 4.40. The number of aryl methyl sites for hydroxylation is 1. The van der Waals surface area contributed by atoms with Gasteiger partial charge < -0.3 is 10.1 Å². The third kappa shape index (κ3) is 2.45. The maximum atomic E-state index is 5.94. The molecule has 4 nitrogen and oxygen atoms in total. The molecule has 18 heavy (non-hydrogen) atoms. The molecule has 0 bridgehead atoms. The highest BCUT2D eigenvalue weighted by molar-refractivity contribution is 5.17. The summed E-state index contributed by atoms with van der Waals surface area (Å²) in [7, 11) is 5.81. The molecule has 1 saturated carbocycles. The van der Waals surface area contributed by atoms with Crippen LogP contribution in [0.25, 0.3) is 0 Å². The SMILES string of the molecule is CNC(c1cnn(C)c1)C1(OC)CCC(C)CC1. The number of ether oxygens (including phenoxy) is 1. The molecule has 1 aliphatic carbocycles. The van der Waals surface area contributed by atoms with E-state index >= 15 is 0 Å². The molecule has 4 heteroatoms. The van der Waals surface area contributed by atoms with Gasteiger partial charge in [-0.05, 0) is 38.6 Å². The molecular formula is C14H25N3O. The van der Waals surface area contributed by atoms with E-state index < -0.39 is 0 Å². The van der Waals surface area contributed by atoms with Crippen molar-refractivity contribution >= 4 is 0 Å². The van der Waals surface area contributed by atoms with Gasteiger partial charge in [0, 0.05) is 25.9 Å². The molecule has 0 aromatic carbocycles. The van der Waals surface area contributed by atoms with Gasteiger partial charge in [0.1, 0.15) is 0 Å². The monoisotopic (exact) mass is 251 g/mol. The first-order valence-corrected chi connectivity index (χ1v) is 6.82. The van der Waals surface area contributed by atoms with E-state index in [1.807, 2.05) is 32.1 Å². The van der Waals surface area contributed by atoms with Crippen molar-refractivity contribution < 1.29 is 4.74 Å². The summed E-state index contributed by atoms with van der Waals surface area (Å²) in [5.74, 6) is 0.819. The standard InChI is InChI=1S/C14H25N3O/c1-11-5-7-14(18-4,8-6-11)13(15-2)12-9-16-17(3)10-12/h9-11,13,15H,5-8H2,1-4H3. The van der Waals surface area contributed by atoms with Gasteiger partial charge in [-0.25, -0.2) is 0 Å². The molecular weight excluding hydrogens is 226 g/mol. The van der Waals surface area contributed by atoms with Gasteiger partial charge in [-0.15, -0.1) is 0 Å². The molecule has 1 fully saturated rings. The van der Waals surface area contributed by atoms with E-state index in [1.54, 1.807) is 0 Å². The van der Waals surface area contributed by atoms with Crippen LogP contribution in [-0.2, 0) is 11.8 Å². The smallest absolute Gasteiger partial charge is 0.0873 e. The van der Waals surface area contributed by atoms with Crippen LogP contribution < -0.4 is 5.32 Å². The fraction of sp³-hybridized carbons (Fsp3) is 0.786. The molecule has 1 N–H and O–H groups in total. The van der Waals surface area contributed by atoms with Crippen molar-refractivity contribution in [2.24, 2.45) is 13.0 Å². The highest BCUT2D eigenvalue weighted by atomic mass is 16.5. The van der Waals surface area contributed by atoms with E-state index in [2.05, 4.69) is 23.5 Å². The van der Waals surface area contributed by atoms with Crippen LogP contribution in [0, 0.1) is 5.92 Å². The predicted octanol–water partition coefficient (Wildman–Crippen LogP) is 2.28. The molecule has 2 rings (SSSR count). The van der Waals surface area contributed by atoms with E-state index in [4.69, 9.17) is 4.74 Å². The molecule has 0 amide bonds. The number of methoxy groups -OCH3 is 1. The molecule has 1 unspecified atom stereocenters. The summed E-state index contributed by atoms with van der Waals surface area (Å²) < 4.78 is 7.80. The fourth-order valence-corrected chi connectivity index (χ4v) is 3.18. The van der Waals surface area contributed by atoms with Gasteiger partial charge in [-0.1, -0.05) is 6.92 Å². The summed E-state index contributed by atoms with van der Waals surface area (Å²) in [6.07, 6.45) is 8.74. The van der Waals surface area contributed by atoms with Gasteiger partial charge in [0.25, 0.3) is 0 Å². The van der Waals surface area contributed by atoms with E-state index in [1.165, 1.54) is 18.4 Å². The fourth-order valence-electron chi connectivity index (χ4n) is 3.18. The van der Waals surface area contributed by atoms with Crippen molar-refractivity contribution in [3.05, 3.63) is 18.0 Å². The van der Waals surface area contributed by atoms with Gasteiger partial charge in [0.05, 0.1) is 17.8 Å². The number of aromatic nitrogens is 2. The van der Waals surface area contributed by atoms with E-state index in [-0.39, 0.29) is 11.6 Å². The van der Waals surface area contributed by atoms with Crippen LogP contribution in [-0.4, -0.2) is 29.5 Å². The van der Waals surface area contributed by atoms with Gasteiger partial charge in [-0.2, -0.15) is 5.10 Å². The minimum Gasteiger partial charge on any atom is -0.376 e. The van der Waals surface area contributed by atoms with E-state index in [0.717, 1.165) is 18.8 Å². The van der Waals surface area contributed by atoms with Gasteiger partial charge in [0.2, 0.25) is 0 Å². The van der Waals surface area contributed by atoms with Crippen LogP contribution in [0.2, 0.25) is 0 Å². The number of hydrogen-bond acceptors (Lipinski definition) is 3. The van der Waals surface area contributed by atoms with Crippen LogP contribution in [0.15, 0.2) is 12.4 Å². The second kappa shape index (κ2) is 5.41. The lowest BCUT2D eigenvalue weighted by atomic mass is 9.74. The summed E-state index contributed by atoms with van der Waals surface area (Å²) >= 11 is 0. The number of nitrogens with one attached hydrogen (secondary N) is 1. The van der Waals surface area contributed by atoms with E-state index in [0.29, 0.717) is 0 Å². The lowest BCUT2D eigenvalue weighted by molar-refractivity contribution is -0.0745. The Kier molecular flexibility index (Phi) is 4.07. The molecule has 0 aliphatic heterocycles. The molecule has 0 radical (unpaired) electrons. The van der Waals surface area contributed by atoms with Crippen molar-refractivity contribution in [3.63, 3.8) is 0 Å². The first-order valence-electron chi connectivity index (χ1n) is 6.82. The Labute approximate surface area is 110 Å². The lowest BCUT2D eigenvalue weighted by Gasteiger charge is -2.43. The predicted molar refractivity (Wildman–Crippen MR) is 72.4 cm³/mol. The molecule has 1 heterocycles. The average Bonchev–Trinajstić information content (AvgIpc) is 2.79. The molecule has 1 atom stereocenters. The lowest BCUT2D eigenvalue weighted by Crippen LogP contribution is -2.46. The Bertz CT molecular complexity index is 380. The van der Waals surface area contributed by atoms with Crippen molar-refractivity contribution in [1.29, 1.82) is 0 Å². The Morgan fingerprint density at radius 1 is 1.50 bits per heavy atom. The van der Waals surface area contributed by atoms with Crippen molar-refractivity contribution in [2.45, 2.75) is 44.2 Å². The topological polar surface area (TPSA) is 39.1 Å². The quantitative estimate of drug-likeness (QED) is 0.892. The highest BCUT2D eigenvalue weighted by Crippen LogP contribution is 2.42. The molecule has 102 valence electrons. The zero-order valence-corrected chi connectivity index (χ0v) is 11.9. The summed E-state index contributed by atoms with van der Waals surface area (Å²) in [4.78, 5) is 0. The van der Waals surface area contributed by atoms with Crippen molar-refractivity contribution in [1.82, 2.24) is 15.1 Å². The van der Waals surface area contributed by atoms with Gasteiger partial charge in [-0.3, -0.25) is 4.68 Å². The zero-order valence-electron chi connectivity index (χ0n) is 11.9. The third-order valence-corrected chi connectivity index (χ3v) is 4.40. The van der Waals surface area contributed by atoms with Crippen LogP contribution in [0.4, 0.5) is 0 Å². The summed E-state index contributed by atoms with van der Waals surface area (Å²) in [5, 5.41) is 7.71. The Morgan fingerprint density at radius 3 is 2.61 bits per heavy atom. The molecule has 1 aromatic rings. The number of nitrogens with zero attached hydrogens (tertiary/aromatic N) is 2. The normalized spacial score (nSPS) is 30.3. The largest absolute Gasteiger partial charge is 0.376 e. The zero-order chi connectivity index (χ0) is 13.2. The summed E-state index contributed by atoms with van der Waals surface area (Å²) in [6, 6.07) is 0.226. The van der Waals surface area contributed by atoms with Crippen LogP contribution in [0.1, 0.15) is 44.2 Å². The van der Waals surface area contributed by atoms with Gasteiger partial charge in [0.15, 0.2) is 0 Å². The maximum Gasteiger partial charge on any atom is 0.0873 e. The Hall–Kier alpha value is -0.870. The first kappa shape index (κ1) is 13.6. The Balaban J connectivity index is 2.23. The second-order valence-electron chi connectivity index (χ2n) is 5.62. The second-order valence-corrected chi connectivity index (χ2v) is 5.62.